The van der Waals surface area contributed by atoms with Crippen molar-refractivity contribution in [1.29, 1.82) is 0 Å². The molecular formula is C18H20N4OS. The summed E-state index contributed by atoms with van der Waals surface area (Å²) in [5.41, 5.74) is 2.12. The lowest BCUT2D eigenvalue weighted by molar-refractivity contribution is -0.132. The molecular weight excluding hydrogens is 320 g/mol. The van der Waals surface area contributed by atoms with Crippen molar-refractivity contribution >= 4 is 22.9 Å². The number of likely N-dealkylation sites (tertiary alicyclic amines) is 1. The number of aromatic nitrogens is 3. The molecule has 0 aromatic carbocycles. The van der Waals surface area contributed by atoms with Gasteiger partial charge in [-0.1, -0.05) is 6.07 Å². The molecule has 1 saturated heterocycles. The van der Waals surface area contributed by atoms with Crippen molar-refractivity contribution in [1.82, 2.24) is 19.5 Å². The molecule has 4 rings (SSSR count). The van der Waals surface area contributed by atoms with E-state index >= 15 is 0 Å². The first-order valence-electron chi connectivity index (χ1n) is 8.40. The molecule has 1 atom stereocenters. The van der Waals surface area contributed by atoms with E-state index in [1.54, 1.807) is 11.3 Å². The fourth-order valence-corrected chi connectivity index (χ4v) is 4.10. The number of hydrogen-bond donors (Lipinski definition) is 0. The smallest absolute Gasteiger partial charge is 0.222 e. The second-order valence-corrected chi connectivity index (χ2v) is 7.08. The van der Waals surface area contributed by atoms with Gasteiger partial charge >= 0.3 is 0 Å². The predicted molar refractivity (Wildman–Crippen MR) is 94.2 cm³/mol. The zero-order valence-electron chi connectivity index (χ0n) is 13.5. The number of amides is 1. The molecule has 3 aromatic rings. The van der Waals surface area contributed by atoms with Crippen molar-refractivity contribution in [3.63, 3.8) is 0 Å². The minimum atomic E-state index is 0.250. The maximum Gasteiger partial charge on any atom is 0.222 e. The Hall–Kier alpha value is -2.21. The van der Waals surface area contributed by atoms with Crippen LogP contribution in [0.2, 0.25) is 0 Å². The summed E-state index contributed by atoms with van der Waals surface area (Å²) in [6, 6.07) is 8.02. The third kappa shape index (κ3) is 3.06. The van der Waals surface area contributed by atoms with Gasteiger partial charge in [-0.25, -0.2) is 0 Å². The average Bonchev–Trinajstić information content (AvgIpc) is 3.29. The number of carbonyl (C=O) groups excluding carboxylic acids is 1. The van der Waals surface area contributed by atoms with E-state index in [9.17, 15) is 4.79 Å². The number of pyridine rings is 1. The van der Waals surface area contributed by atoms with Crippen molar-refractivity contribution in [2.75, 3.05) is 13.1 Å². The van der Waals surface area contributed by atoms with Crippen molar-refractivity contribution in [2.45, 2.75) is 31.6 Å². The molecule has 3 aromatic heterocycles. The molecule has 1 aliphatic rings. The molecule has 24 heavy (non-hydrogen) atoms. The van der Waals surface area contributed by atoms with Gasteiger partial charge < -0.3 is 4.90 Å². The van der Waals surface area contributed by atoms with Crippen LogP contribution in [0.5, 0.6) is 0 Å². The highest BCUT2D eigenvalue weighted by molar-refractivity contribution is 7.07. The first-order chi connectivity index (χ1) is 11.8. The van der Waals surface area contributed by atoms with E-state index in [2.05, 4.69) is 27.0 Å². The van der Waals surface area contributed by atoms with E-state index in [1.807, 2.05) is 33.7 Å². The highest BCUT2D eigenvalue weighted by Crippen LogP contribution is 2.26. The van der Waals surface area contributed by atoms with Gasteiger partial charge in [-0.15, -0.1) is 10.2 Å². The fourth-order valence-electron chi connectivity index (χ4n) is 3.40. The molecule has 1 aliphatic heterocycles. The number of piperidine rings is 1. The Morgan fingerprint density at radius 1 is 1.29 bits per heavy atom. The Kier molecular flexibility index (Phi) is 4.30. The summed E-state index contributed by atoms with van der Waals surface area (Å²) in [6.45, 7) is 1.61. The second kappa shape index (κ2) is 6.73. The highest BCUT2D eigenvalue weighted by Gasteiger charge is 2.27. The van der Waals surface area contributed by atoms with Crippen LogP contribution in [0.1, 0.15) is 36.6 Å². The summed E-state index contributed by atoms with van der Waals surface area (Å²) >= 11 is 1.68. The molecule has 1 amide bonds. The van der Waals surface area contributed by atoms with E-state index in [0.717, 1.165) is 43.8 Å². The van der Waals surface area contributed by atoms with Crippen LogP contribution in [0, 0.1) is 0 Å². The molecule has 1 unspecified atom stereocenters. The van der Waals surface area contributed by atoms with Gasteiger partial charge in [0.1, 0.15) is 5.82 Å². The first-order valence-corrected chi connectivity index (χ1v) is 9.34. The lowest BCUT2D eigenvalue weighted by Gasteiger charge is -2.32. The molecule has 0 saturated carbocycles. The number of rotatable bonds is 4. The third-order valence-corrected chi connectivity index (χ3v) is 5.42. The van der Waals surface area contributed by atoms with Crippen LogP contribution in [-0.2, 0) is 11.2 Å². The monoisotopic (exact) mass is 340 g/mol. The fraction of sp³-hybridized carbons (Fsp3) is 0.389. The zero-order valence-corrected chi connectivity index (χ0v) is 14.3. The van der Waals surface area contributed by atoms with Crippen LogP contribution < -0.4 is 0 Å². The Morgan fingerprint density at radius 2 is 2.25 bits per heavy atom. The Labute approximate surface area is 144 Å². The van der Waals surface area contributed by atoms with Crippen LogP contribution in [-0.4, -0.2) is 38.5 Å². The van der Waals surface area contributed by atoms with Gasteiger partial charge in [0.15, 0.2) is 5.65 Å². The van der Waals surface area contributed by atoms with Crippen molar-refractivity contribution in [3.8, 4) is 0 Å². The second-order valence-electron chi connectivity index (χ2n) is 6.30. The Balaban J connectivity index is 1.44. The molecule has 4 heterocycles. The maximum atomic E-state index is 12.6. The molecule has 0 bridgehead atoms. The number of nitrogens with zero attached hydrogens (tertiary/aromatic N) is 4. The van der Waals surface area contributed by atoms with Gasteiger partial charge in [0.2, 0.25) is 5.91 Å². The van der Waals surface area contributed by atoms with E-state index < -0.39 is 0 Å². The lowest BCUT2D eigenvalue weighted by Crippen LogP contribution is -2.39. The quantitative estimate of drug-likeness (QED) is 0.733. The zero-order chi connectivity index (χ0) is 16.4. The van der Waals surface area contributed by atoms with E-state index in [0.29, 0.717) is 6.42 Å². The molecule has 6 heteroatoms. The third-order valence-electron chi connectivity index (χ3n) is 4.69. The van der Waals surface area contributed by atoms with Gasteiger partial charge in [-0.3, -0.25) is 9.20 Å². The van der Waals surface area contributed by atoms with Crippen molar-refractivity contribution in [2.24, 2.45) is 0 Å². The molecule has 5 nitrogen and oxygen atoms in total. The highest BCUT2D eigenvalue weighted by atomic mass is 32.1. The van der Waals surface area contributed by atoms with Crippen LogP contribution in [0.25, 0.3) is 5.65 Å². The number of carbonyl (C=O) groups is 1. The predicted octanol–water partition coefficient (Wildman–Crippen LogP) is 3.13. The summed E-state index contributed by atoms with van der Waals surface area (Å²) in [5, 5.41) is 12.8. The van der Waals surface area contributed by atoms with Crippen LogP contribution in [0.3, 0.4) is 0 Å². The molecule has 0 N–H and O–H groups in total. The number of hydrogen-bond acceptors (Lipinski definition) is 4. The molecule has 1 fully saturated rings. The standard InChI is InChI=1S/C18H20N4OS/c23-17(7-6-14-8-11-24-13-14)21-9-3-4-15(12-21)18-20-19-16-5-1-2-10-22(16)18/h1-2,5,8,10-11,13,15H,3-4,6-7,9,12H2. The number of thiophene rings is 1. The topological polar surface area (TPSA) is 50.5 Å². The Bertz CT molecular complexity index is 827. The Morgan fingerprint density at radius 3 is 3.12 bits per heavy atom. The normalized spacial score (nSPS) is 18.2. The van der Waals surface area contributed by atoms with Crippen LogP contribution in [0.15, 0.2) is 41.2 Å². The lowest BCUT2D eigenvalue weighted by atomic mass is 9.96. The minimum absolute atomic E-state index is 0.250. The average molecular weight is 340 g/mol. The van der Waals surface area contributed by atoms with Gasteiger partial charge in [0.25, 0.3) is 0 Å². The van der Waals surface area contributed by atoms with E-state index in [4.69, 9.17) is 0 Å². The van der Waals surface area contributed by atoms with Crippen molar-refractivity contribution in [3.05, 3.63) is 52.6 Å². The van der Waals surface area contributed by atoms with E-state index in [1.165, 1.54) is 5.56 Å². The van der Waals surface area contributed by atoms with Gasteiger partial charge in [-0.2, -0.15) is 11.3 Å². The largest absolute Gasteiger partial charge is 0.342 e. The molecule has 0 radical (unpaired) electrons. The summed E-state index contributed by atoms with van der Waals surface area (Å²) < 4.78 is 2.05. The molecule has 124 valence electrons. The summed E-state index contributed by atoms with van der Waals surface area (Å²) in [7, 11) is 0. The SMILES string of the molecule is O=C(CCc1ccsc1)N1CCCC(c2nnc3ccccn23)C1. The summed E-state index contributed by atoms with van der Waals surface area (Å²) in [5.74, 6) is 1.49. The first kappa shape index (κ1) is 15.3. The number of fused-ring (bicyclic) bond motifs is 1. The van der Waals surface area contributed by atoms with Gasteiger partial charge in [0.05, 0.1) is 0 Å². The van der Waals surface area contributed by atoms with Gasteiger partial charge in [-0.05, 0) is 53.8 Å². The van der Waals surface area contributed by atoms with Crippen molar-refractivity contribution < 1.29 is 4.79 Å². The van der Waals surface area contributed by atoms with Gasteiger partial charge in [0, 0.05) is 31.6 Å². The number of aryl methyl sites for hydroxylation is 1. The summed E-state index contributed by atoms with van der Waals surface area (Å²) in [6.07, 6.45) is 5.50. The van der Waals surface area contributed by atoms with Crippen LogP contribution in [0.4, 0.5) is 0 Å². The summed E-state index contributed by atoms with van der Waals surface area (Å²) in [4.78, 5) is 14.6. The minimum Gasteiger partial charge on any atom is -0.342 e. The van der Waals surface area contributed by atoms with Crippen LogP contribution >= 0.6 is 11.3 Å². The van der Waals surface area contributed by atoms with E-state index in [-0.39, 0.29) is 11.8 Å². The molecule has 0 spiro atoms. The maximum absolute atomic E-state index is 12.6. The molecule has 0 aliphatic carbocycles.